The highest BCUT2D eigenvalue weighted by Gasteiger charge is 2.46. The van der Waals surface area contributed by atoms with Crippen molar-refractivity contribution in [3.8, 4) is 11.5 Å². The molecule has 2 aromatic carbocycles. The molecule has 192 valence electrons. The third kappa shape index (κ3) is 5.58. The molecule has 1 aliphatic rings. The Morgan fingerprint density at radius 2 is 1.89 bits per heavy atom. The highest BCUT2D eigenvalue weighted by atomic mass is 16.5. The van der Waals surface area contributed by atoms with E-state index in [2.05, 4.69) is 11.6 Å². The Labute approximate surface area is 216 Å². The third-order valence-electron chi connectivity index (χ3n) is 6.18. The summed E-state index contributed by atoms with van der Waals surface area (Å²) in [6.45, 7) is 9.14. The molecular formula is C29H31N3O5. The Kier molecular flexibility index (Phi) is 8.08. The molecule has 1 aliphatic heterocycles. The number of rotatable bonds is 11. The van der Waals surface area contributed by atoms with Gasteiger partial charge in [0.1, 0.15) is 12.4 Å². The molecule has 1 saturated heterocycles. The van der Waals surface area contributed by atoms with Crippen LogP contribution in [0.1, 0.15) is 36.1 Å². The van der Waals surface area contributed by atoms with Crippen LogP contribution in [0.15, 0.2) is 79.4 Å². The van der Waals surface area contributed by atoms with Gasteiger partial charge in [0, 0.05) is 31.0 Å². The van der Waals surface area contributed by atoms with Gasteiger partial charge in [0.05, 0.1) is 24.5 Å². The molecule has 0 saturated carbocycles. The van der Waals surface area contributed by atoms with E-state index in [9.17, 15) is 14.7 Å². The van der Waals surface area contributed by atoms with E-state index in [0.717, 1.165) is 5.56 Å². The average Bonchev–Trinajstić information content (AvgIpc) is 3.50. The lowest BCUT2D eigenvalue weighted by atomic mass is 9.94. The maximum atomic E-state index is 13.3. The van der Waals surface area contributed by atoms with Crippen LogP contribution >= 0.6 is 0 Å². The second kappa shape index (κ2) is 11.6. The smallest absolute Gasteiger partial charge is 0.295 e. The van der Waals surface area contributed by atoms with E-state index >= 15 is 0 Å². The number of amides is 1. The quantitative estimate of drug-likeness (QED) is 0.178. The first kappa shape index (κ1) is 25.8. The fraction of sp³-hybridized carbons (Fsp3) is 0.276. The van der Waals surface area contributed by atoms with Crippen molar-refractivity contribution in [1.82, 2.24) is 14.5 Å². The molecule has 1 aromatic heterocycles. The first-order chi connectivity index (χ1) is 17.9. The van der Waals surface area contributed by atoms with Gasteiger partial charge in [0.25, 0.3) is 11.7 Å². The van der Waals surface area contributed by atoms with Gasteiger partial charge in [-0.25, -0.2) is 4.98 Å². The topological polar surface area (TPSA) is 93.9 Å². The van der Waals surface area contributed by atoms with Gasteiger partial charge >= 0.3 is 0 Å². The van der Waals surface area contributed by atoms with Crippen molar-refractivity contribution >= 4 is 17.4 Å². The first-order valence-corrected chi connectivity index (χ1v) is 12.3. The molecule has 37 heavy (non-hydrogen) atoms. The number of ketones is 1. The number of likely N-dealkylation sites (tertiary alicyclic amines) is 1. The van der Waals surface area contributed by atoms with Gasteiger partial charge in [-0.15, -0.1) is 0 Å². The fourth-order valence-electron chi connectivity index (χ4n) is 4.40. The molecular weight excluding hydrogens is 470 g/mol. The van der Waals surface area contributed by atoms with E-state index in [1.54, 1.807) is 48.9 Å². The van der Waals surface area contributed by atoms with Crippen molar-refractivity contribution in [3.63, 3.8) is 0 Å². The Morgan fingerprint density at radius 3 is 2.57 bits per heavy atom. The van der Waals surface area contributed by atoms with Gasteiger partial charge in [-0.05, 0) is 38.0 Å². The SMILES string of the molecule is C=CCOc1ccc(C2/C(=C(\O)c3ccc(C)cc3)C(=O)C(=O)N2CCCn2ccnc2)cc1OCC. The van der Waals surface area contributed by atoms with Crippen LogP contribution in [0.25, 0.3) is 5.76 Å². The summed E-state index contributed by atoms with van der Waals surface area (Å²) in [6, 6.07) is 11.7. The second-order valence-corrected chi connectivity index (χ2v) is 8.75. The maximum Gasteiger partial charge on any atom is 0.295 e. The van der Waals surface area contributed by atoms with E-state index in [1.165, 1.54) is 4.90 Å². The summed E-state index contributed by atoms with van der Waals surface area (Å²) < 4.78 is 13.4. The molecule has 0 aliphatic carbocycles. The van der Waals surface area contributed by atoms with Gasteiger partial charge in [-0.2, -0.15) is 0 Å². The normalized spacial score (nSPS) is 16.7. The van der Waals surface area contributed by atoms with E-state index in [4.69, 9.17) is 9.47 Å². The summed E-state index contributed by atoms with van der Waals surface area (Å²) in [5.41, 5.74) is 2.19. The second-order valence-electron chi connectivity index (χ2n) is 8.75. The number of ether oxygens (including phenoxy) is 2. The number of nitrogens with zero attached hydrogens (tertiary/aromatic N) is 3. The van der Waals surface area contributed by atoms with E-state index in [0.29, 0.717) is 55.4 Å². The van der Waals surface area contributed by atoms with Crippen LogP contribution in [0.2, 0.25) is 0 Å². The monoisotopic (exact) mass is 501 g/mol. The lowest BCUT2D eigenvalue weighted by Gasteiger charge is -2.26. The van der Waals surface area contributed by atoms with Crippen LogP contribution in [0, 0.1) is 6.92 Å². The lowest BCUT2D eigenvalue weighted by molar-refractivity contribution is -0.139. The Balaban J connectivity index is 1.77. The number of benzene rings is 2. The Bertz CT molecular complexity index is 1300. The maximum absolute atomic E-state index is 13.3. The lowest BCUT2D eigenvalue weighted by Crippen LogP contribution is -2.31. The van der Waals surface area contributed by atoms with Crippen LogP contribution in [0.4, 0.5) is 0 Å². The van der Waals surface area contributed by atoms with Gasteiger partial charge < -0.3 is 24.0 Å². The number of imidazole rings is 1. The van der Waals surface area contributed by atoms with Crippen molar-refractivity contribution in [2.45, 2.75) is 32.9 Å². The number of hydrogen-bond donors (Lipinski definition) is 1. The molecule has 0 bridgehead atoms. The fourth-order valence-corrected chi connectivity index (χ4v) is 4.40. The largest absolute Gasteiger partial charge is 0.507 e. The molecule has 4 rings (SSSR count). The molecule has 1 fully saturated rings. The summed E-state index contributed by atoms with van der Waals surface area (Å²) >= 11 is 0. The van der Waals surface area contributed by atoms with Gasteiger partial charge in [-0.3, -0.25) is 9.59 Å². The molecule has 0 spiro atoms. The Morgan fingerprint density at radius 1 is 1.11 bits per heavy atom. The van der Waals surface area contributed by atoms with Crippen LogP contribution in [-0.2, 0) is 16.1 Å². The summed E-state index contributed by atoms with van der Waals surface area (Å²) in [5.74, 6) is -0.544. The summed E-state index contributed by atoms with van der Waals surface area (Å²) in [5, 5.41) is 11.3. The number of aliphatic hydroxyl groups is 1. The predicted molar refractivity (Wildman–Crippen MR) is 140 cm³/mol. The molecule has 1 amide bonds. The molecule has 8 heteroatoms. The van der Waals surface area contributed by atoms with Gasteiger partial charge in [0.15, 0.2) is 11.5 Å². The van der Waals surface area contributed by atoms with Crippen molar-refractivity contribution in [2.75, 3.05) is 19.8 Å². The van der Waals surface area contributed by atoms with E-state index in [1.807, 2.05) is 36.7 Å². The summed E-state index contributed by atoms with van der Waals surface area (Å²) in [4.78, 5) is 32.1. The average molecular weight is 502 g/mol. The first-order valence-electron chi connectivity index (χ1n) is 12.3. The van der Waals surface area contributed by atoms with Gasteiger partial charge in [-0.1, -0.05) is 48.6 Å². The highest BCUT2D eigenvalue weighted by molar-refractivity contribution is 6.46. The zero-order valence-corrected chi connectivity index (χ0v) is 21.1. The molecule has 3 aromatic rings. The summed E-state index contributed by atoms with van der Waals surface area (Å²) in [7, 11) is 0. The van der Waals surface area contributed by atoms with E-state index < -0.39 is 17.7 Å². The van der Waals surface area contributed by atoms with Crippen LogP contribution in [0.3, 0.4) is 0 Å². The van der Waals surface area contributed by atoms with Crippen molar-refractivity contribution < 1.29 is 24.2 Å². The number of carbonyl (C=O) groups excluding carboxylic acids is 2. The molecule has 1 N–H and O–H groups in total. The van der Waals surface area contributed by atoms with Crippen molar-refractivity contribution in [3.05, 3.63) is 96.1 Å². The van der Waals surface area contributed by atoms with Gasteiger partial charge in [0.2, 0.25) is 0 Å². The number of aromatic nitrogens is 2. The van der Waals surface area contributed by atoms with Crippen molar-refractivity contribution in [2.24, 2.45) is 0 Å². The Hall–Kier alpha value is -4.33. The minimum atomic E-state index is -0.781. The molecule has 1 atom stereocenters. The van der Waals surface area contributed by atoms with Crippen LogP contribution in [0.5, 0.6) is 11.5 Å². The third-order valence-corrected chi connectivity index (χ3v) is 6.18. The number of carbonyl (C=O) groups is 2. The zero-order chi connectivity index (χ0) is 26.4. The molecule has 1 unspecified atom stereocenters. The molecule has 8 nitrogen and oxygen atoms in total. The minimum Gasteiger partial charge on any atom is -0.507 e. The summed E-state index contributed by atoms with van der Waals surface area (Å²) in [6.07, 6.45) is 7.49. The highest BCUT2D eigenvalue weighted by Crippen LogP contribution is 2.42. The standard InChI is InChI=1S/C29H31N3O5/c1-4-17-37-23-12-11-22(18-24(23)36-5-2)26-25(27(33)21-9-7-20(3)8-10-21)28(34)29(35)32(26)15-6-14-31-16-13-30-19-31/h4,7-13,16,18-19,26,33H,1,5-6,14-15,17H2,2-3H3/b27-25+. The van der Waals surface area contributed by atoms with Crippen LogP contribution in [-0.4, -0.2) is 51.0 Å². The van der Waals surface area contributed by atoms with E-state index in [-0.39, 0.29) is 11.3 Å². The number of hydrogen-bond acceptors (Lipinski definition) is 6. The predicted octanol–water partition coefficient (Wildman–Crippen LogP) is 4.67. The van der Waals surface area contributed by atoms with Crippen LogP contribution < -0.4 is 9.47 Å². The number of Topliss-reactive ketones (excluding diaryl/α,β-unsaturated/α-hetero) is 1. The van der Waals surface area contributed by atoms with Crippen molar-refractivity contribution in [1.29, 1.82) is 0 Å². The zero-order valence-electron chi connectivity index (χ0n) is 21.1. The number of aryl methyl sites for hydroxylation is 2. The number of aliphatic hydroxyl groups excluding tert-OH is 1. The molecule has 0 radical (unpaired) electrons. The minimum absolute atomic E-state index is 0.0543. The molecule has 2 heterocycles.